The molecule has 1 atom stereocenters. The van der Waals surface area contributed by atoms with Gasteiger partial charge in [0.25, 0.3) is 0 Å². The van der Waals surface area contributed by atoms with Gasteiger partial charge in [0.2, 0.25) is 5.91 Å². The van der Waals surface area contributed by atoms with Crippen molar-refractivity contribution in [2.24, 2.45) is 5.73 Å². The molecule has 0 radical (unpaired) electrons. The van der Waals surface area contributed by atoms with E-state index in [1.807, 2.05) is 37.3 Å². The smallest absolute Gasteiger partial charge is 0.241 e. The molecule has 0 aliphatic carbocycles. The molecule has 0 bridgehead atoms. The van der Waals surface area contributed by atoms with Crippen molar-refractivity contribution in [1.82, 2.24) is 4.90 Å². The Balaban J connectivity index is 1.89. The summed E-state index contributed by atoms with van der Waals surface area (Å²) in [5, 5.41) is 2.94. The van der Waals surface area contributed by atoms with Crippen LogP contribution in [0, 0.1) is 0 Å². The van der Waals surface area contributed by atoms with Crippen LogP contribution < -0.4 is 11.1 Å². The Labute approximate surface area is 108 Å². The second kappa shape index (κ2) is 5.98. The van der Waals surface area contributed by atoms with Gasteiger partial charge in [-0.2, -0.15) is 0 Å². The normalized spacial score (nSPS) is 19.4. The van der Waals surface area contributed by atoms with Gasteiger partial charge in [-0.15, -0.1) is 0 Å². The number of benzene rings is 1. The van der Waals surface area contributed by atoms with E-state index in [1.165, 1.54) is 0 Å². The van der Waals surface area contributed by atoms with Gasteiger partial charge in [0, 0.05) is 24.8 Å². The van der Waals surface area contributed by atoms with Crippen molar-refractivity contribution in [3.05, 3.63) is 30.3 Å². The third-order valence-electron chi connectivity index (χ3n) is 3.54. The topological polar surface area (TPSA) is 58.4 Å². The molecule has 0 aromatic heterocycles. The summed E-state index contributed by atoms with van der Waals surface area (Å²) < 4.78 is 0. The van der Waals surface area contributed by atoms with Gasteiger partial charge in [-0.1, -0.05) is 18.2 Å². The highest BCUT2D eigenvalue weighted by Crippen LogP contribution is 2.13. The minimum absolute atomic E-state index is 0.0525. The van der Waals surface area contributed by atoms with E-state index in [1.54, 1.807) is 0 Å². The van der Waals surface area contributed by atoms with E-state index >= 15 is 0 Å². The summed E-state index contributed by atoms with van der Waals surface area (Å²) in [7, 11) is 0. The van der Waals surface area contributed by atoms with Crippen LogP contribution >= 0.6 is 0 Å². The Morgan fingerprint density at radius 3 is 2.56 bits per heavy atom. The van der Waals surface area contributed by atoms with Crippen LogP contribution in [-0.4, -0.2) is 36.0 Å². The molecule has 18 heavy (non-hydrogen) atoms. The van der Waals surface area contributed by atoms with Crippen LogP contribution in [0.15, 0.2) is 30.3 Å². The monoisotopic (exact) mass is 247 g/mol. The number of piperidine rings is 1. The molecule has 1 aliphatic heterocycles. The van der Waals surface area contributed by atoms with E-state index in [2.05, 4.69) is 10.2 Å². The van der Waals surface area contributed by atoms with Crippen LogP contribution in [0.1, 0.15) is 19.8 Å². The standard InChI is InChI=1S/C14H21N3O/c1-11(17-9-7-12(15)8-10-17)14(18)16-13-5-3-2-4-6-13/h2-6,11-12H,7-10,15H2,1H3,(H,16,18). The van der Waals surface area contributed by atoms with Gasteiger partial charge in [0.1, 0.15) is 0 Å². The number of hydrogen-bond acceptors (Lipinski definition) is 3. The quantitative estimate of drug-likeness (QED) is 0.849. The van der Waals surface area contributed by atoms with Gasteiger partial charge in [0.05, 0.1) is 6.04 Å². The highest BCUT2D eigenvalue weighted by atomic mass is 16.2. The van der Waals surface area contributed by atoms with Crippen molar-refractivity contribution in [2.45, 2.75) is 31.8 Å². The number of carbonyl (C=O) groups is 1. The SMILES string of the molecule is CC(C(=O)Nc1ccccc1)N1CCC(N)CC1. The lowest BCUT2D eigenvalue weighted by Crippen LogP contribution is -2.48. The van der Waals surface area contributed by atoms with Crippen LogP contribution in [0.25, 0.3) is 0 Å². The maximum Gasteiger partial charge on any atom is 0.241 e. The minimum Gasteiger partial charge on any atom is -0.328 e. The second-order valence-corrected chi connectivity index (χ2v) is 4.90. The van der Waals surface area contributed by atoms with E-state index in [0.29, 0.717) is 6.04 Å². The molecule has 1 saturated heterocycles. The molecule has 1 fully saturated rings. The van der Waals surface area contributed by atoms with Crippen molar-refractivity contribution in [2.75, 3.05) is 18.4 Å². The van der Waals surface area contributed by atoms with Crippen molar-refractivity contribution in [1.29, 1.82) is 0 Å². The maximum absolute atomic E-state index is 12.1. The molecule has 2 rings (SSSR count). The van der Waals surface area contributed by atoms with Crippen LogP contribution in [0.3, 0.4) is 0 Å². The fourth-order valence-electron chi connectivity index (χ4n) is 2.24. The molecule has 0 spiro atoms. The molecule has 3 N–H and O–H groups in total. The lowest BCUT2D eigenvalue weighted by molar-refractivity contribution is -0.121. The predicted octanol–water partition coefficient (Wildman–Crippen LogP) is 1.44. The van der Waals surface area contributed by atoms with E-state index in [4.69, 9.17) is 5.73 Å². The molecule has 1 amide bonds. The molecule has 1 aromatic carbocycles. The number of amides is 1. The fraction of sp³-hybridized carbons (Fsp3) is 0.500. The van der Waals surface area contributed by atoms with Crippen molar-refractivity contribution in [3.8, 4) is 0 Å². The Morgan fingerprint density at radius 1 is 1.33 bits per heavy atom. The van der Waals surface area contributed by atoms with Gasteiger partial charge in [-0.3, -0.25) is 9.69 Å². The van der Waals surface area contributed by atoms with Crippen LogP contribution in [-0.2, 0) is 4.79 Å². The molecule has 4 heteroatoms. The van der Waals surface area contributed by atoms with Gasteiger partial charge in [0.15, 0.2) is 0 Å². The van der Waals surface area contributed by atoms with Crippen LogP contribution in [0.5, 0.6) is 0 Å². The number of para-hydroxylation sites is 1. The predicted molar refractivity (Wildman–Crippen MR) is 73.3 cm³/mol. The first-order valence-electron chi connectivity index (χ1n) is 6.52. The molecular weight excluding hydrogens is 226 g/mol. The maximum atomic E-state index is 12.1. The van der Waals surface area contributed by atoms with Gasteiger partial charge in [-0.25, -0.2) is 0 Å². The van der Waals surface area contributed by atoms with Crippen molar-refractivity contribution < 1.29 is 4.79 Å². The Kier molecular flexibility index (Phi) is 4.33. The van der Waals surface area contributed by atoms with E-state index < -0.39 is 0 Å². The number of carbonyl (C=O) groups excluding carboxylic acids is 1. The Morgan fingerprint density at radius 2 is 1.94 bits per heavy atom. The number of anilines is 1. The average Bonchev–Trinajstić information content (AvgIpc) is 2.40. The van der Waals surface area contributed by atoms with E-state index in [0.717, 1.165) is 31.6 Å². The summed E-state index contributed by atoms with van der Waals surface area (Å²) in [5.74, 6) is 0.0525. The first-order valence-corrected chi connectivity index (χ1v) is 6.52. The third-order valence-corrected chi connectivity index (χ3v) is 3.54. The largest absolute Gasteiger partial charge is 0.328 e. The molecule has 98 valence electrons. The summed E-state index contributed by atoms with van der Waals surface area (Å²) in [6.45, 7) is 3.77. The lowest BCUT2D eigenvalue weighted by Gasteiger charge is -2.33. The van der Waals surface area contributed by atoms with E-state index in [9.17, 15) is 4.79 Å². The number of hydrogen-bond donors (Lipinski definition) is 2. The summed E-state index contributed by atoms with van der Waals surface area (Å²) in [6, 6.07) is 9.77. The van der Waals surface area contributed by atoms with Gasteiger partial charge < -0.3 is 11.1 Å². The second-order valence-electron chi connectivity index (χ2n) is 4.90. The zero-order chi connectivity index (χ0) is 13.0. The number of nitrogens with two attached hydrogens (primary N) is 1. The third kappa shape index (κ3) is 3.31. The minimum atomic E-state index is -0.0993. The first-order chi connectivity index (χ1) is 8.66. The van der Waals surface area contributed by atoms with Crippen molar-refractivity contribution >= 4 is 11.6 Å². The summed E-state index contributed by atoms with van der Waals surface area (Å²) in [6.07, 6.45) is 1.95. The highest BCUT2D eigenvalue weighted by molar-refractivity contribution is 5.94. The van der Waals surface area contributed by atoms with Crippen LogP contribution in [0.4, 0.5) is 5.69 Å². The molecule has 0 saturated carbocycles. The number of rotatable bonds is 3. The number of nitrogens with zero attached hydrogens (tertiary/aromatic N) is 1. The molecule has 1 aliphatic rings. The summed E-state index contributed by atoms with van der Waals surface area (Å²) in [4.78, 5) is 14.3. The van der Waals surface area contributed by atoms with Gasteiger partial charge in [-0.05, 0) is 31.9 Å². The molecule has 1 unspecified atom stereocenters. The Bertz CT molecular complexity index is 385. The summed E-state index contributed by atoms with van der Waals surface area (Å²) in [5.41, 5.74) is 6.72. The molecular formula is C14H21N3O. The lowest BCUT2D eigenvalue weighted by atomic mass is 10.0. The van der Waals surface area contributed by atoms with E-state index in [-0.39, 0.29) is 11.9 Å². The average molecular weight is 247 g/mol. The molecule has 1 heterocycles. The molecule has 1 aromatic rings. The molecule has 4 nitrogen and oxygen atoms in total. The zero-order valence-electron chi connectivity index (χ0n) is 10.8. The van der Waals surface area contributed by atoms with Gasteiger partial charge >= 0.3 is 0 Å². The summed E-state index contributed by atoms with van der Waals surface area (Å²) >= 11 is 0. The Hall–Kier alpha value is -1.39. The fourth-order valence-corrected chi connectivity index (χ4v) is 2.24. The van der Waals surface area contributed by atoms with Crippen molar-refractivity contribution in [3.63, 3.8) is 0 Å². The zero-order valence-corrected chi connectivity index (χ0v) is 10.8. The highest BCUT2D eigenvalue weighted by Gasteiger charge is 2.25. The number of nitrogens with one attached hydrogen (secondary N) is 1. The first kappa shape index (κ1) is 13.1. The van der Waals surface area contributed by atoms with Crippen LogP contribution in [0.2, 0.25) is 0 Å². The number of likely N-dealkylation sites (tertiary alicyclic amines) is 1.